The van der Waals surface area contributed by atoms with Crippen LogP contribution in [0.2, 0.25) is 5.02 Å². The van der Waals surface area contributed by atoms with E-state index < -0.39 is 19.6 Å². The van der Waals surface area contributed by atoms with E-state index in [0.717, 1.165) is 0 Å². The second kappa shape index (κ2) is 8.57. The summed E-state index contributed by atoms with van der Waals surface area (Å²) in [5.74, 6) is -1.67. The average molecular weight is 446 g/mol. The van der Waals surface area contributed by atoms with Gasteiger partial charge in [-0.25, -0.2) is 0 Å². The predicted octanol–water partition coefficient (Wildman–Crippen LogP) is 6.25. The standard InChI is InChI=1S/C18H16ClF3N3O3P/c1-2-27-29(26,25-15-9-7-14(19)8-10-15)11-12-3-5-13(6-4-12)16-23-24-17(28-16)18(20,21)22/h3-10H,2,11H2,1H3,(H,25,26). The average Bonchev–Trinajstić information content (AvgIpc) is 3.15. The lowest BCUT2D eigenvalue weighted by Gasteiger charge is -2.20. The van der Waals surface area contributed by atoms with Gasteiger partial charge in [0.2, 0.25) is 5.89 Å². The van der Waals surface area contributed by atoms with Gasteiger partial charge in [0.1, 0.15) is 0 Å². The van der Waals surface area contributed by atoms with Gasteiger partial charge in [-0.05, 0) is 48.9 Å². The van der Waals surface area contributed by atoms with Crippen molar-refractivity contribution in [1.82, 2.24) is 10.2 Å². The summed E-state index contributed by atoms with van der Waals surface area (Å²) in [5.41, 5.74) is 1.56. The van der Waals surface area contributed by atoms with Crippen LogP contribution in [0, 0.1) is 0 Å². The van der Waals surface area contributed by atoms with E-state index in [1.54, 1.807) is 43.3 Å². The van der Waals surface area contributed by atoms with Crippen LogP contribution in [-0.4, -0.2) is 16.8 Å². The van der Waals surface area contributed by atoms with Crippen molar-refractivity contribution in [3.63, 3.8) is 0 Å². The SMILES string of the molecule is CCOP(=O)(Cc1ccc(-c2nnc(C(F)(F)F)o2)cc1)Nc1ccc(Cl)cc1. The van der Waals surface area contributed by atoms with Gasteiger partial charge in [0, 0.05) is 16.3 Å². The second-order valence-electron chi connectivity index (χ2n) is 5.98. The predicted molar refractivity (Wildman–Crippen MR) is 103 cm³/mol. The molecule has 0 aliphatic rings. The molecule has 0 amide bonds. The minimum atomic E-state index is -4.71. The van der Waals surface area contributed by atoms with E-state index in [9.17, 15) is 17.7 Å². The zero-order valence-corrected chi connectivity index (χ0v) is 16.8. The molecule has 2 aromatic carbocycles. The molecule has 0 aliphatic heterocycles. The maximum atomic E-state index is 13.2. The van der Waals surface area contributed by atoms with Crippen molar-refractivity contribution in [2.75, 3.05) is 11.7 Å². The van der Waals surface area contributed by atoms with Crippen molar-refractivity contribution in [2.24, 2.45) is 0 Å². The summed E-state index contributed by atoms with van der Waals surface area (Å²) in [6.07, 6.45) is -4.63. The van der Waals surface area contributed by atoms with Crippen LogP contribution in [0.5, 0.6) is 0 Å². The van der Waals surface area contributed by atoms with E-state index in [0.29, 0.717) is 21.8 Å². The fraction of sp³-hybridized carbons (Fsp3) is 0.222. The molecule has 6 nitrogen and oxygen atoms in total. The topological polar surface area (TPSA) is 77.2 Å². The number of anilines is 1. The number of nitrogens with one attached hydrogen (secondary N) is 1. The highest BCUT2D eigenvalue weighted by atomic mass is 35.5. The summed E-state index contributed by atoms with van der Waals surface area (Å²) < 4.78 is 61.0. The van der Waals surface area contributed by atoms with Crippen LogP contribution in [0.4, 0.5) is 18.9 Å². The molecule has 1 aromatic heterocycles. The van der Waals surface area contributed by atoms with Crippen LogP contribution < -0.4 is 5.09 Å². The Balaban J connectivity index is 1.76. The number of rotatable bonds is 7. The van der Waals surface area contributed by atoms with Gasteiger partial charge in [-0.3, -0.25) is 4.57 Å². The number of alkyl halides is 3. The Morgan fingerprint density at radius 1 is 1.10 bits per heavy atom. The van der Waals surface area contributed by atoms with Gasteiger partial charge < -0.3 is 14.0 Å². The molecule has 1 unspecified atom stereocenters. The van der Waals surface area contributed by atoms with Crippen molar-refractivity contribution in [2.45, 2.75) is 19.3 Å². The zero-order chi connectivity index (χ0) is 21.1. The molecular weight excluding hydrogens is 430 g/mol. The van der Waals surface area contributed by atoms with Gasteiger partial charge in [-0.2, -0.15) is 13.2 Å². The maximum Gasteiger partial charge on any atom is 0.470 e. The zero-order valence-electron chi connectivity index (χ0n) is 15.1. The van der Waals surface area contributed by atoms with E-state index in [-0.39, 0.29) is 18.7 Å². The molecule has 0 aliphatic carbocycles. The molecule has 11 heteroatoms. The maximum absolute atomic E-state index is 13.2. The number of hydrogen-bond donors (Lipinski definition) is 1. The summed E-state index contributed by atoms with van der Waals surface area (Å²) in [6, 6.07) is 13.0. The first-order valence-electron chi connectivity index (χ1n) is 8.46. The lowest BCUT2D eigenvalue weighted by molar-refractivity contribution is -0.156. The molecule has 1 atom stereocenters. The van der Waals surface area contributed by atoms with E-state index in [1.165, 1.54) is 12.1 Å². The molecule has 3 aromatic rings. The van der Waals surface area contributed by atoms with Crippen LogP contribution in [-0.2, 0) is 21.4 Å². The van der Waals surface area contributed by atoms with Gasteiger partial charge in [0.25, 0.3) is 7.52 Å². The minimum absolute atomic E-state index is 0.0708. The Labute approximate surface area is 169 Å². The minimum Gasteiger partial charge on any atom is -0.413 e. The normalized spacial score (nSPS) is 13.8. The van der Waals surface area contributed by atoms with Crippen LogP contribution in [0.15, 0.2) is 52.9 Å². The van der Waals surface area contributed by atoms with Crippen LogP contribution in [0.1, 0.15) is 18.4 Å². The summed E-state index contributed by atoms with van der Waals surface area (Å²) in [4.78, 5) is 0. The van der Waals surface area contributed by atoms with Crippen LogP contribution in [0.25, 0.3) is 11.5 Å². The largest absolute Gasteiger partial charge is 0.470 e. The lowest BCUT2D eigenvalue weighted by Crippen LogP contribution is -2.04. The molecule has 0 fully saturated rings. The highest BCUT2D eigenvalue weighted by molar-refractivity contribution is 7.59. The molecule has 1 heterocycles. The Hall–Kier alpha value is -2.35. The first kappa shape index (κ1) is 21.4. The summed E-state index contributed by atoms with van der Waals surface area (Å²) >= 11 is 5.86. The summed E-state index contributed by atoms with van der Waals surface area (Å²) in [5, 5.41) is 9.86. The first-order valence-corrected chi connectivity index (χ1v) is 10.6. The highest BCUT2D eigenvalue weighted by Crippen LogP contribution is 2.50. The Bertz CT molecular complexity index is 1010. The van der Waals surface area contributed by atoms with Crippen molar-refractivity contribution >= 4 is 24.8 Å². The number of benzene rings is 2. The Morgan fingerprint density at radius 2 is 1.76 bits per heavy atom. The Kier molecular flexibility index (Phi) is 6.31. The quantitative estimate of drug-likeness (QED) is 0.433. The van der Waals surface area contributed by atoms with Crippen LogP contribution in [0.3, 0.4) is 0 Å². The molecule has 0 saturated heterocycles. The van der Waals surface area contributed by atoms with Gasteiger partial charge in [0.05, 0.1) is 12.8 Å². The molecule has 154 valence electrons. The number of halogens is 4. The molecule has 0 bridgehead atoms. The van der Waals surface area contributed by atoms with Crippen molar-refractivity contribution < 1.29 is 26.7 Å². The highest BCUT2D eigenvalue weighted by Gasteiger charge is 2.38. The van der Waals surface area contributed by atoms with E-state index in [2.05, 4.69) is 19.7 Å². The molecule has 3 rings (SSSR count). The van der Waals surface area contributed by atoms with Crippen molar-refractivity contribution in [1.29, 1.82) is 0 Å². The molecule has 0 radical (unpaired) electrons. The van der Waals surface area contributed by atoms with Crippen molar-refractivity contribution in [3.05, 3.63) is 65.0 Å². The molecule has 1 N–H and O–H groups in total. The fourth-order valence-corrected chi connectivity index (χ4v) is 4.51. The number of aromatic nitrogens is 2. The summed E-state index contributed by atoms with van der Waals surface area (Å²) in [7, 11) is -3.28. The van der Waals surface area contributed by atoms with E-state index >= 15 is 0 Å². The van der Waals surface area contributed by atoms with E-state index in [4.69, 9.17) is 16.1 Å². The second-order valence-corrected chi connectivity index (χ2v) is 8.56. The van der Waals surface area contributed by atoms with Gasteiger partial charge in [0.15, 0.2) is 0 Å². The third-order valence-electron chi connectivity index (χ3n) is 3.74. The molecule has 0 spiro atoms. The Morgan fingerprint density at radius 3 is 2.31 bits per heavy atom. The van der Waals surface area contributed by atoms with E-state index in [1.807, 2.05) is 0 Å². The first-order chi connectivity index (χ1) is 13.7. The smallest absolute Gasteiger partial charge is 0.413 e. The third kappa shape index (κ3) is 5.59. The van der Waals surface area contributed by atoms with Gasteiger partial charge >= 0.3 is 12.1 Å². The van der Waals surface area contributed by atoms with Gasteiger partial charge in [-0.15, -0.1) is 10.2 Å². The molecular formula is C18H16ClF3N3O3P. The fourth-order valence-electron chi connectivity index (χ4n) is 2.49. The lowest BCUT2D eigenvalue weighted by atomic mass is 10.1. The monoisotopic (exact) mass is 445 g/mol. The number of nitrogens with zero attached hydrogens (tertiary/aromatic N) is 2. The third-order valence-corrected chi connectivity index (χ3v) is 6.05. The summed E-state index contributed by atoms with van der Waals surface area (Å²) in [6.45, 7) is 1.96. The van der Waals surface area contributed by atoms with Crippen molar-refractivity contribution in [3.8, 4) is 11.5 Å². The van der Waals surface area contributed by atoms with Crippen LogP contribution >= 0.6 is 19.1 Å². The van der Waals surface area contributed by atoms with Gasteiger partial charge in [-0.1, -0.05) is 23.7 Å². The molecule has 29 heavy (non-hydrogen) atoms. The number of hydrogen-bond acceptors (Lipinski definition) is 5. The molecule has 0 saturated carbocycles.